The Morgan fingerprint density at radius 1 is 1.11 bits per heavy atom. The molecule has 1 saturated carbocycles. The van der Waals surface area contributed by atoms with Crippen molar-refractivity contribution in [3.63, 3.8) is 0 Å². The van der Waals surface area contributed by atoms with Crippen LogP contribution in [-0.2, 0) is 9.47 Å². The molecule has 0 atom stereocenters. The van der Waals surface area contributed by atoms with Crippen LogP contribution < -0.4 is 5.32 Å². The molecular weight excluding hydrogens is 238 g/mol. The highest BCUT2D eigenvalue weighted by atomic mass is 16.7. The summed E-state index contributed by atoms with van der Waals surface area (Å²) in [6, 6.07) is 7.14. The molecule has 2 fully saturated rings. The van der Waals surface area contributed by atoms with Gasteiger partial charge in [-0.2, -0.15) is 0 Å². The molecule has 1 saturated heterocycles. The fraction of sp³-hybridized carbons (Fsp3) is 0.625. The summed E-state index contributed by atoms with van der Waals surface area (Å²) in [5, 5.41) is 3.67. The molecule has 1 aromatic carbocycles. The van der Waals surface area contributed by atoms with Gasteiger partial charge in [0.05, 0.1) is 13.2 Å². The van der Waals surface area contributed by atoms with Crippen molar-refractivity contribution in [1.82, 2.24) is 0 Å². The Balaban J connectivity index is 1.60. The fourth-order valence-electron chi connectivity index (χ4n) is 3.18. The van der Waals surface area contributed by atoms with Crippen molar-refractivity contribution in [3.8, 4) is 0 Å². The lowest BCUT2D eigenvalue weighted by Crippen LogP contribution is -2.39. The van der Waals surface area contributed by atoms with Crippen molar-refractivity contribution < 1.29 is 9.47 Å². The Bertz CT molecular complexity index is 442. The van der Waals surface area contributed by atoms with Crippen molar-refractivity contribution in [3.05, 3.63) is 29.3 Å². The third-order valence-electron chi connectivity index (χ3n) is 4.30. The van der Waals surface area contributed by atoms with Gasteiger partial charge in [0.2, 0.25) is 0 Å². The molecule has 1 N–H and O–H groups in total. The maximum atomic E-state index is 5.77. The number of benzene rings is 1. The number of hydrogen-bond acceptors (Lipinski definition) is 3. The Morgan fingerprint density at radius 2 is 1.79 bits per heavy atom. The Hall–Kier alpha value is -1.06. The number of nitrogens with one attached hydrogen (secondary N) is 1. The molecule has 3 rings (SSSR count). The Labute approximate surface area is 115 Å². The first-order chi connectivity index (χ1) is 9.17. The van der Waals surface area contributed by atoms with Gasteiger partial charge in [-0.3, -0.25) is 0 Å². The topological polar surface area (TPSA) is 30.5 Å². The zero-order valence-electron chi connectivity index (χ0n) is 11.9. The van der Waals surface area contributed by atoms with E-state index in [0.29, 0.717) is 6.04 Å². The average molecular weight is 261 g/mol. The van der Waals surface area contributed by atoms with E-state index < -0.39 is 0 Å². The number of hydrogen-bond donors (Lipinski definition) is 1. The van der Waals surface area contributed by atoms with Crippen LogP contribution in [0, 0.1) is 13.8 Å². The molecular formula is C16H23NO2. The monoisotopic (exact) mass is 261 g/mol. The molecule has 104 valence electrons. The quantitative estimate of drug-likeness (QED) is 0.885. The Morgan fingerprint density at radius 3 is 2.42 bits per heavy atom. The van der Waals surface area contributed by atoms with Gasteiger partial charge >= 0.3 is 0 Å². The standard InChI is InChI=1S/C16H23NO2/c1-12-3-4-15(13(2)11-12)17-14-5-7-16(8-6-14)18-9-10-19-16/h3-4,11,14,17H,5-10H2,1-2H3. The molecule has 3 heteroatoms. The largest absolute Gasteiger partial charge is 0.382 e. The minimum atomic E-state index is -0.250. The normalized spacial score (nSPS) is 22.8. The number of anilines is 1. The van der Waals surface area contributed by atoms with Crippen LogP contribution in [0.3, 0.4) is 0 Å². The van der Waals surface area contributed by atoms with E-state index in [-0.39, 0.29) is 5.79 Å². The van der Waals surface area contributed by atoms with E-state index in [4.69, 9.17) is 9.47 Å². The second-order valence-electron chi connectivity index (χ2n) is 5.84. The van der Waals surface area contributed by atoms with Crippen LogP contribution in [0.5, 0.6) is 0 Å². The smallest absolute Gasteiger partial charge is 0.168 e. The van der Waals surface area contributed by atoms with Gasteiger partial charge in [-0.05, 0) is 38.3 Å². The second-order valence-corrected chi connectivity index (χ2v) is 5.84. The number of rotatable bonds is 2. The summed E-state index contributed by atoms with van der Waals surface area (Å²) in [5.74, 6) is -0.250. The molecule has 3 nitrogen and oxygen atoms in total. The fourth-order valence-corrected chi connectivity index (χ4v) is 3.18. The lowest BCUT2D eigenvalue weighted by Gasteiger charge is -2.36. The minimum absolute atomic E-state index is 0.250. The van der Waals surface area contributed by atoms with Crippen LogP contribution in [0.15, 0.2) is 18.2 Å². The molecule has 0 radical (unpaired) electrons. The van der Waals surface area contributed by atoms with E-state index in [1.165, 1.54) is 16.8 Å². The second kappa shape index (κ2) is 5.14. The Kier molecular flexibility index (Phi) is 3.50. The van der Waals surface area contributed by atoms with E-state index in [1.54, 1.807) is 0 Å². The molecule has 0 aromatic heterocycles. The van der Waals surface area contributed by atoms with Crippen molar-refractivity contribution in [2.75, 3.05) is 18.5 Å². The van der Waals surface area contributed by atoms with Gasteiger partial charge in [0.1, 0.15) is 0 Å². The molecule has 1 aliphatic heterocycles. The maximum Gasteiger partial charge on any atom is 0.168 e. The zero-order chi connectivity index (χ0) is 13.3. The molecule has 0 unspecified atom stereocenters. The highest BCUT2D eigenvalue weighted by Crippen LogP contribution is 2.36. The van der Waals surface area contributed by atoms with E-state index >= 15 is 0 Å². The van der Waals surface area contributed by atoms with Crippen molar-refractivity contribution in [2.24, 2.45) is 0 Å². The zero-order valence-corrected chi connectivity index (χ0v) is 11.9. The van der Waals surface area contributed by atoms with Gasteiger partial charge in [-0.1, -0.05) is 17.7 Å². The van der Waals surface area contributed by atoms with Crippen molar-refractivity contribution in [1.29, 1.82) is 0 Å². The minimum Gasteiger partial charge on any atom is -0.382 e. The SMILES string of the molecule is Cc1ccc(NC2CCC3(CC2)OCCO3)c(C)c1. The van der Waals surface area contributed by atoms with E-state index in [9.17, 15) is 0 Å². The van der Waals surface area contributed by atoms with Crippen LogP contribution in [-0.4, -0.2) is 25.0 Å². The van der Waals surface area contributed by atoms with Gasteiger partial charge < -0.3 is 14.8 Å². The third-order valence-corrected chi connectivity index (χ3v) is 4.30. The summed E-state index contributed by atoms with van der Waals surface area (Å²) in [7, 11) is 0. The first-order valence-electron chi connectivity index (χ1n) is 7.29. The predicted octanol–water partition coefficient (Wildman–Crippen LogP) is 3.40. The summed E-state index contributed by atoms with van der Waals surface area (Å²) >= 11 is 0. The first-order valence-corrected chi connectivity index (χ1v) is 7.29. The van der Waals surface area contributed by atoms with Gasteiger partial charge in [-0.15, -0.1) is 0 Å². The summed E-state index contributed by atoms with van der Waals surface area (Å²) in [5.41, 5.74) is 3.91. The van der Waals surface area contributed by atoms with Crippen LogP contribution in [0.1, 0.15) is 36.8 Å². The molecule has 2 aliphatic rings. The summed E-state index contributed by atoms with van der Waals surface area (Å²) in [6.07, 6.45) is 4.26. The highest BCUT2D eigenvalue weighted by molar-refractivity contribution is 5.52. The molecule has 19 heavy (non-hydrogen) atoms. The van der Waals surface area contributed by atoms with E-state index in [2.05, 4.69) is 37.4 Å². The summed E-state index contributed by atoms with van der Waals surface area (Å²) in [6.45, 7) is 5.82. The summed E-state index contributed by atoms with van der Waals surface area (Å²) < 4.78 is 11.5. The molecule has 1 spiro atoms. The maximum absolute atomic E-state index is 5.77. The molecule has 0 amide bonds. The number of aryl methyl sites for hydroxylation is 2. The van der Waals surface area contributed by atoms with Crippen LogP contribution in [0.4, 0.5) is 5.69 Å². The van der Waals surface area contributed by atoms with Gasteiger partial charge in [0.25, 0.3) is 0 Å². The lowest BCUT2D eigenvalue weighted by atomic mass is 9.89. The van der Waals surface area contributed by atoms with Gasteiger partial charge in [0, 0.05) is 24.6 Å². The van der Waals surface area contributed by atoms with E-state index in [1.807, 2.05) is 0 Å². The van der Waals surface area contributed by atoms with Gasteiger partial charge in [0.15, 0.2) is 5.79 Å². The molecule has 0 bridgehead atoms. The van der Waals surface area contributed by atoms with Crippen LogP contribution >= 0.6 is 0 Å². The molecule has 1 aromatic rings. The van der Waals surface area contributed by atoms with Crippen LogP contribution in [0.2, 0.25) is 0 Å². The van der Waals surface area contributed by atoms with E-state index in [0.717, 1.165) is 38.9 Å². The summed E-state index contributed by atoms with van der Waals surface area (Å²) in [4.78, 5) is 0. The van der Waals surface area contributed by atoms with Gasteiger partial charge in [-0.25, -0.2) is 0 Å². The lowest BCUT2D eigenvalue weighted by molar-refractivity contribution is -0.177. The highest BCUT2D eigenvalue weighted by Gasteiger charge is 2.40. The molecule has 1 heterocycles. The third kappa shape index (κ3) is 2.77. The van der Waals surface area contributed by atoms with Crippen LogP contribution in [0.25, 0.3) is 0 Å². The predicted molar refractivity (Wildman–Crippen MR) is 76.4 cm³/mol. The van der Waals surface area contributed by atoms with Crippen molar-refractivity contribution in [2.45, 2.75) is 51.4 Å². The molecule has 1 aliphatic carbocycles. The average Bonchev–Trinajstić information content (AvgIpc) is 2.84. The van der Waals surface area contributed by atoms with Crippen molar-refractivity contribution >= 4 is 5.69 Å². The number of ether oxygens (including phenoxy) is 2. The first kappa shape index (κ1) is 12.9.